The first-order valence-electron chi connectivity index (χ1n) is 12.3. The number of carbonyl (C=O) groups is 2. The SMILES string of the molecule is CCCCNC(=O)N(CCOc1ccc(CC(OCC)C(=O)O)cc1)CCOC(F)(F)C(F)(F)C(F)(F)C(F)(F)F. The number of carboxylic acids is 1. The zero-order valence-electron chi connectivity index (χ0n) is 22.1. The molecule has 0 bridgehead atoms. The highest BCUT2D eigenvalue weighted by molar-refractivity contribution is 5.74. The van der Waals surface area contributed by atoms with Crippen molar-refractivity contribution in [2.24, 2.45) is 0 Å². The van der Waals surface area contributed by atoms with E-state index in [-0.39, 0.29) is 38.5 Å². The van der Waals surface area contributed by atoms with E-state index in [1.54, 1.807) is 26.0 Å². The van der Waals surface area contributed by atoms with E-state index in [1.807, 2.05) is 0 Å². The molecule has 1 atom stereocenters. The quantitative estimate of drug-likeness (QED) is 0.171. The molecular formula is C24H31F9N2O6. The number of nitrogens with one attached hydrogen (secondary N) is 1. The minimum Gasteiger partial charge on any atom is -0.492 e. The number of unbranched alkanes of at least 4 members (excludes halogenated alkanes) is 1. The van der Waals surface area contributed by atoms with Crippen LogP contribution in [0.3, 0.4) is 0 Å². The van der Waals surface area contributed by atoms with E-state index in [0.29, 0.717) is 18.4 Å². The summed E-state index contributed by atoms with van der Waals surface area (Å²) >= 11 is 0. The van der Waals surface area contributed by atoms with Crippen molar-refractivity contribution in [2.45, 2.75) is 63.3 Å². The number of benzene rings is 1. The maximum absolute atomic E-state index is 13.7. The number of hydrogen-bond acceptors (Lipinski definition) is 5. The Kier molecular flexibility index (Phi) is 13.5. The molecule has 1 aromatic rings. The first kappa shape index (κ1) is 36.1. The average molecular weight is 615 g/mol. The van der Waals surface area contributed by atoms with Gasteiger partial charge in [-0.25, -0.2) is 9.59 Å². The Bertz CT molecular complexity index is 962. The second-order valence-electron chi connectivity index (χ2n) is 8.56. The van der Waals surface area contributed by atoms with Gasteiger partial charge in [0.1, 0.15) is 12.4 Å². The zero-order valence-corrected chi connectivity index (χ0v) is 22.1. The van der Waals surface area contributed by atoms with Gasteiger partial charge in [0, 0.05) is 26.1 Å². The van der Waals surface area contributed by atoms with Crippen molar-refractivity contribution in [3.63, 3.8) is 0 Å². The Labute approximate surface area is 229 Å². The lowest BCUT2D eigenvalue weighted by Gasteiger charge is -2.33. The van der Waals surface area contributed by atoms with Gasteiger partial charge in [-0.05, 0) is 31.0 Å². The predicted molar refractivity (Wildman–Crippen MR) is 125 cm³/mol. The molecule has 41 heavy (non-hydrogen) atoms. The number of aliphatic carboxylic acids is 1. The maximum atomic E-state index is 13.7. The second kappa shape index (κ2) is 15.3. The molecule has 1 unspecified atom stereocenters. The average Bonchev–Trinajstić information content (AvgIpc) is 2.87. The molecule has 2 N–H and O–H groups in total. The summed E-state index contributed by atoms with van der Waals surface area (Å²) in [5.74, 6) is -14.9. The number of alkyl halides is 9. The van der Waals surface area contributed by atoms with Crippen LogP contribution in [0.25, 0.3) is 0 Å². The topological polar surface area (TPSA) is 97.3 Å². The number of hydrogen-bond donors (Lipinski definition) is 2. The molecule has 236 valence electrons. The molecule has 8 nitrogen and oxygen atoms in total. The first-order valence-corrected chi connectivity index (χ1v) is 12.3. The van der Waals surface area contributed by atoms with Crippen molar-refractivity contribution < 1.29 is 68.4 Å². The molecule has 0 spiro atoms. The Balaban J connectivity index is 2.82. The van der Waals surface area contributed by atoms with Crippen LogP contribution in [0.15, 0.2) is 24.3 Å². The van der Waals surface area contributed by atoms with Crippen LogP contribution >= 0.6 is 0 Å². The Hall–Kier alpha value is -2.95. The first-order chi connectivity index (χ1) is 18.9. The smallest absolute Gasteiger partial charge is 0.460 e. The van der Waals surface area contributed by atoms with Crippen LogP contribution in [0.2, 0.25) is 0 Å². The highest BCUT2D eigenvalue weighted by Crippen LogP contribution is 2.53. The lowest BCUT2D eigenvalue weighted by molar-refractivity contribution is -0.443. The highest BCUT2D eigenvalue weighted by atomic mass is 19.4. The van der Waals surface area contributed by atoms with Crippen molar-refractivity contribution in [2.75, 3.05) is 39.5 Å². The number of rotatable bonds is 18. The minimum absolute atomic E-state index is 0.0632. The van der Waals surface area contributed by atoms with Crippen molar-refractivity contribution >= 4 is 12.0 Å². The van der Waals surface area contributed by atoms with E-state index in [0.717, 1.165) is 4.90 Å². The van der Waals surface area contributed by atoms with Gasteiger partial charge in [-0.1, -0.05) is 25.5 Å². The zero-order chi connectivity index (χ0) is 31.5. The molecule has 0 aliphatic heterocycles. The normalized spacial score (nSPS) is 13.5. The van der Waals surface area contributed by atoms with E-state index in [4.69, 9.17) is 14.6 Å². The molecule has 0 saturated carbocycles. The summed E-state index contributed by atoms with van der Waals surface area (Å²) < 4.78 is 131. The molecule has 0 heterocycles. The largest absolute Gasteiger partial charge is 0.492 e. The third-order valence-corrected chi connectivity index (χ3v) is 5.47. The lowest BCUT2D eigenvalue weighted by Crippen LogP contribution is -2.62. The molecule has 0 fully saturated rings. The molecule has 0 aromatic heterocycles. The summed E-state index contributed by atoms with van der Waals surface area (Å²) in [5.41, 5.74) is 0.598. The summed E-state index contributed by atoms with van der Waals surface area (Å²) in [6, 6.07) is 5.16. The van der Waals surface area contributed by atoms with Gasteiger partial charge >= 0.3 is 36.1 Å². The molecule has 0 saturated heterocycles. The van der Waals surface area contributed by atoms with Crippen LogP contribution in [-0.2, 0) is 20.7 Å². The standard InChI is InChI=1S/C24H31F9N2O6/c1-3-5-10-34-20(38)35(12-14-41-24(32,33)22(27,28)21(25,26)23(29,30)31)11-13-40-17-8-6-16(7-9-17)15-18(19(36)37)39-4-2/h6-9,18H,3-5,10-15H2,1-2H3,(H,34,38)(H,36,37). The van der Waals surface area contributed by atoms with Crippen molar-refractivity contribution in [3.05, 3.63) is 29.8 Å². The number of halogens is 9. The van der Waals surface area contributed by atoms with Crippen LogP contribution in [-0.4, -0.2) is 91.7 Å². The molecule has 0 radical (unpaired) electrons. The van der Waals surface area contributed by atoms with Gasteiger partial charge in [0.25, 0.3) is 0 Å². The fourth-order valence-corrected chi connectivity index (χ4v) is 3.16. The third kappa shape index (κ3) is 10.1. The summed E-state index contributed by atoms with van der Waals surface area (Å²) in [5, 5.41) is 11.6. The van der Waals surface area contributed by atoms with Crippen LogP contribution < -0.4 is 10.1 Å². The van der Waals surface area contributed by atoms with Gasteiger partial charge in [0.05, 0.1) is 13.2 Å². The number of carbonyl (C=O) groups excluding carboxylic acids is 1. The monoisotopic (exact) mass is 614 g/mol. The summed E-state index contributed by atoms with van der Waals surface area (Å²) in [7, 11) is 0. The lowest BCUT2D eigenvalue weighted by atomic mass is 10.1. The third-order valence-electron chi connectivity index (χ3n) is 5.47. The fraction of sp³-hybridized carbons (Fsp3) is 0.667. The van der Waals surface area contributed by atoms with Crippen molar-refractivity contribution in [1.29, 1.82) is 0 Å². The predicted octanol–water partition coefficient (Wildman–Crippen LogP) is 5.35. The summed E-state index contributed by atoms with van der Waals surface area (Å²) in [6.45, 7) is 0.722. The van der Waals surface area contributed by atoms with Gasteiger partial charge in [-0.2, -0.15) is 39.5 Å². The Morgan fingerprint density at radius 2 is 1.51 bits per heavy atom. The Morgan fingerprint density at radius 3 is 2.02 bits per heavy atom. The molecule has 0 aliphatic rings. The maximum Gasteiger partial charge on any atom is 0.460 e. The molecule has 1 rings (SSSR count). The van der Waals surface area contributed by atoms with Crippen molar-refractivity contribution in [3.8, 4) is 5.75 Å². The van der Waals surface area contributed by atoms with Gasteiger partial charge in [0.15, 0.2) is 6.10 Å². The van der Waals surface area contributed by atoms with E-state index in [9.17, 15) is 49.1 Å². The van der Waals surface area contributed by atoms with E-state index >= 15 is 0 Å². The molecular weight excluding hydrogens is 583 g/mol. The summed E-state index contributed by atoms with van der Waals surface area (Å²) in [6.07, 6.45) is -13.0. The number of ether oxygens (including phenoxy) is 3. The van der Waals surface area contributed by atoms with Crippen LogP contribution in [0.1, 0.15) is 32.3 Å². The number of carboxylic acid groups (broad SMARTS) is 1. The highest BCUT2D eigenvalue weighted by Gasteiger charge is 2.82. The van der Waals surface area contributed by atoms with Gasteiger partial charge in [-0.3, -0.25) is 0 Å². The Morgan fingerprint density at radius 1 is 0.927 bits per heavy atom. The van der Waals surface area contributed by atoms with Gasteiger partial charge in [-0.15, -0.1) is 0 Å². The van der Waals surface area contributed by atoms with Gasteiger partial charge in [0.2, 0.25) is 0 Å². The number of nitrogens with zero attached hydrogens (tertiary/aromatic N) is 1. The fourth-order valence-electron chi connectivity index (χ4n) is 3.16. The number of amides is 2. The van der Waals surface area contributed by atoms with Crippen LogP contribution in [0, 0.1) is 0 Å². The number of urea groups is 1. The summed E-state index contributed by atoms with van der Waals surface area (Å²) in [4.78, 5) is 24.4. The van der Waals surface area contributed by atoms with Gasteiger partial charge < -0.3 is 29.5 Å². The molecule has 1 aromatic carbocycles. The van der Waals surface area contributed by atoms with E-state index < -0.39 is 55.4 Å². The second-order valence-corrected chi connectivity index (χ2v) is 8.56. The van der Waals surface area contributed by atoms with Crippen molar-refractivity contribution in [1.82, 2.24) is 10.2 Å². The van der Waals surface area contributed by atoms with E-state index in [1.165, 1.54) is 12.1 Å². The molecule has 0 aliphatic carbocycles. The van der Waals surface area contributed by atoms with Crippen LogP contribution in [0.4, 0.5) is 44.3 Å². The minimum atomic E-state index is -7.10. The van der Waals surface area contributed by atoms with E-state index in [2.05, 4.69) is 10.1 Å². The molecule has 2 amide bonds. The van der Waals surface area contributed by atoms with Crippen LogP contribution in [0.5, 0.6) is 5.75 Å². The molecule has 17 heteroatoms.